The van der Waals surface area contributed by atoms with Gasteiger partial charge in [-0.3, -0.25) is 4.79 Å². The number of amides is 1. The summed E-state index contributed by atoms with van der Waals surface area (Å²) in [5, 5.41) is 7.65. The lowest BCUT2D eigenvalue weighted by Gasteiger charge is -2.05. The Morgan fingerprint density at radius 1 is 1.20 bits per heavy atom. The predicted octanol–water partition coefficient (Wildman–Crippen LogP) is 1.50. The molecule has 0 unspecified atom stereocenters. The zero-order valence-corrected chi connectivity index (χ0v) is 11.4. The molecule has 0 aliphatic rings. The van der Waals surface area contributed by atoms with Gasteiger partial charge in [0.2, 0.25) is 15.9 Å². The summed E-state index contributed by atoms with van der Waals surface area (Å²) in [5.41, 5.74) is 0.516. The number of hydrogen-bond donors (Lipinski definition) is 2. The minimum Gasteiger partial charge on any atom is -0.469 e. The van der Waals surface area contributed by atoms with Crippen molar-refractivity contribution in [2.24, 2.45) is 5.14 Å². The normalized spacial score (nSPS) is 11.2. The topological polar surface area (TPSA) is 102 Å². The molecule has 20 heavy (non-hydrogen) atoms. The second-order valence-corrected chi connectivity index (χ2v) is 5.76. The molecule has 2 aromatic rings. The zero-order chi connectivity index (χ0) is 14.6. The standard InChI is InChI=1S/C13H14N2O4S/c14-20(17,18)12-6-3-10(4-7-12)15-13(16)8-5-11-2-1-9-19-11/h1-4,6-7,9H,5,8H2,(H,15,16)(H2,14,17,18). The maximum atomic E-state index is 11.7. The molecule has 0 bridgehead atoms. The Bertz CT molecular complexity index is 676. The predicted molar refractivity (Wildman–Crippen MR) is 73.5 cm³/mol. The fourth-order valence-corrected chi connectivity index (χ4v) is 2.16. The number of aryl methyl sites for hydroxylation is 1. The fraction of sp³-hybridized carbons (Fsp3) is 0.154. The molecule has 0 aliphatic carbocycles. The molecule has 7 heteroatoms. The molecule has 0 fully saturated rings. The molecule has 0 saturated carbocycles. The quantitative estimate of drug-likeness (QED) is 0.872. The van der Waals surface area contributed by atoms with Crippen LogP contribution in [0.3, 0.4) is 0 Å². The largest absolute Gasteiger partial charge is 0.469 e. The third kappa shape index (κ3) is 3.94. The van der Waals surface area contributed by atoms with Gasteiger partial charge < -0.3 is 9.73 Å². The minimum atomic E-state index is -3.71. The molecule has 0 saturated heterocycles. The van der Waals surface area contributed by atoms with Crippen LogP contribution in [0.5, 0.6) is 0 Å². The number of hydrogen-bond acceptors (Lipinski definition) is 4. The lowest BCUT2D eigenvalue weighted by molar-refractivity contribution is -0.116. The molecule has 6 nitrogen and oxygen atoms in total. The average molecular weight is 294 g/mol. The van der Waals surface area contributed by atoms with Gasteiger partial charge in [-0.1, -0.05) is 0 Å². The van der Waals surface area contributed by atoms with Crippen LogP contribution >= 0.6 is 0 Å². The van der Waals surface area contributed by atoms with Gasteiger partial charge in [0.05, 0.1) is 11.2 Å². The molecule has 106 valence electrons. The summed E-state index contributed by atoms with van der Waals surface area (Å²) in [6, 6.07) is 9.23. The van der Waals surface area contributed by atoms with Gasteiger partial charge in [0.1, 0.15) is 5.76 Å². The Hall–Kier alpha value is -2.12. The Labute approximate surface area is 116 Å². The van der Waals surface area contributed by atoms with Crippen LogP contribution in [-0.4, -0.2) is 14.3 Å². The summed E-state index contributed by atoms with van der Waals surface area (Å²) in [6.07, 6.45) is 2.35. The highest BCUT2D eigenvalue weighted by atomic mass is 32.2. The van der Waals surface area contributed by atoms with Crippen molar-refractivity contribution >= 4 is 21.6 Å². The Balaban J connectivity index is 1.91. The molecular weight excluding hydrogens is 280 g/mol. The highest BCUT2D eigenvalue weighted by Gasteiger charge is 2.08. The van der Waals surface area contributed by atoms with E-state index in [0.29, 0.717) is 12.1 Å². The van der Waals surface area contributed by atoms with Crippen LogP contribution in [-0.2, 0) is 21.2 Å². The van der Waals surface area contributed by atoms with Gasteiger partial charge in [-0.25, -0.2) is 13.6 Å². The SMILES string of the molecule is NS(=O)(=O)c1ccc(NC(=O)CCc2ccco2)cc1. The fourth-order valence-electron chi connectivity index (χ4n) is 1.64. The van der Waals surface area contributed by atoms with Gasteiger partial charge in [0, 0.05) is 18.5 Å². The molecule has 1 heterocycles. The smallest absolute Gasteiger partial charge is 0.238 e. The van der Waals surface area contributed by atoms with E-state index in [2.05, 4.69) is 5.32 Å². The molecule has 1 amide bonds. The number of primary sulfonamides is 1. The van der Waals surface area contributed by atoms with Crippen molar-refractivity contribution in [3.63, 3.8) is 0 Å². The van der Waals surface area contributed by atoms with Crippen molar-refractivity contribution in [1.29, 1.82) is 0 Å². The van der Waals surface area contributed by atoms with E-state index in [1.807, 2.05) is 0 Å². The Morgan fingerprint density at radius 2 is 1.90 bits per heavy atom. The minimum absolute atomic E-state index is 0.00563. The second-order valence-electron chi connectivity index (χ2n) is 4.20. The maximum absolute atomic E-state index is 11.7. The van der Waals surface area contributed by atoms with Crippen LogP contribution in [0.4, 0.5) is 5.69 Å². The van der Waals surface area contributed by atoms with E-state index < -0.39 is 10.0 Å². The van der Waals surface area contributed by atoms with Crippen molar-refractivity contribution < 1.29 is 17.6 Å². The maximum Gasteiger partial charge on any atom is 0.238 e. The van der Waals surface area contributed by atoms with Crippen LogP contribution in [0.25, 0.3) is 0 Å². The van der Waals surface area contributed by atoms with E-state index in [4.69, 9.17) is 9.56 Å². The Morgan fingerprint density at radius 3 is 2.45 bits per heavy atom. The second kappa shape index (κ2) is 5.89. The van der Waals surface area contributed by atoms with Gasteiger partial charge in [-0.15, -0.1) is 0 Å². The molecule has 0 radical (unpaired) electrons. The Kier molecular flexibility index (Phi) is 4.21. The first-order valence-electron chi connectivity index (χ1n) is 5.90. The van der Waals surface area contributed by atoms with Crippen LogP contribution in [0.15, 0.2) is 52.0 Å². The van der Waals surface area contributed by atoms with Crippen molar-refractivity contribution in [2.75, 3.05) is 5.32 Å². The van der Waals surface area contributed by atoms with E-state index in [0.717, 1.165) is 5.76 Å². The number of nitrogens with two attached hydrogens (primary N) is 1. The van der Waals surface area contributed by atoms with Crippen LogP contribution in [0, 0.1) is 0 Å². The number of anilines is 1. The first-order chi connectivity index (χ1) is 9.45. The van der Waals surface area contributed by atoms with E-state index in [1.54, 1.807) is 18.4 Å². The summed E-state index contributed by atoms with van der Waals surface area (Å²) in [4.78, 5) is 11.7. The van der Waals surface area contributed by atoms with Crippen LogP contribution in [0.2, 0.25) is 0 Å². The number of rotatable bonds is 5. The van der Waals surface area contributed by atoms with E-state index in [9.17, 15) is 13.2 Å². The molecule has 0 aliphatic heterocycles. The van der Waals surface area contributed by atoms with E-state index >= 15 is 0 Å². The number of nitrogens with one attached hydrogen (secondary N) is 1. The highest BCUT2D eigenvalue weighted by Crippen LogP contribution is 2.13. The first-order valence-corrected chi connectivity index (χ1v) is 7.45. The third-order valence-electron chi connectivity index (χ3n) is 2.65. The third-order valence-corrected chi connectivity index (χ3v) is 3.57. The van der Waals surface area contributed by atoms with E-state index in [-0.39, 0.29) is 17.2 Å². The van der Waals surface area contributed by atoms with Gasteiger partial charge in [0.25, 0.3) is 0 Å². The molecular formula is C13H14N2O4S. The number of furan rings is 1. The van der Waals surface area contributed by atoms with Crippen molar-refractivity contribution in [3.8, 4) is 0 Å². The monoisotopic (exact) mass is 294 g/mol. The van der Waals surface area contributed by atoms with E-state index in [1.165, 1.54) is 24.3 Å². The molecule has 0 atom stereocenters. The van der Waals surface area contributed by atoms with Crippen LogP contribution < -0.4 is 10.5 Å². The van der Waals surface area contributed by atoms with Crippen LogP contribution in [0.1, 0.15) is 12.2 Å². The number of carbonyl (C=O) groups is 1. The van der Waals surface area contributed by atoms with Crippen molar-refractivity contribution in [1.82, 2.24) is 0 Å². The van der Waals surface area contributed by atoms with Gasteiger partial charge >= 0.3 is 0 Å². The van der Waals surface area contributed by atoms with Crippen molar-refractivity contribution in [3.05, 3.63) is 48.4 Å². The van der Waals surface area contributed by atoms with Crippen molar-refractivity contribution in [2.45, 2.75) is 17.7 Å². The highest BCUT2D eigenvalue weighted by molar-refractivity contribution is 7.89. The average Bonchev–Trinajstić information content (AvgIpc) is 2.89. The number of benzene rings is 1. The number of carbonyl (C=O) groups excluding carboxylic acids is 1. The summed E-state index contributed by atoms with van der Waals surface area (Å²) < 4.78 is 27.3. The molecule has 2 rings (SSSR count). The summed E-state index contributed by atoms with van der Waals surface area (Å²) >= 11 is 0. The van der Waals surface area contributed by atoms with Gasteiger partial charge in [-0.05, 0) is 36.4 Å². The summed E-state index contributed by atoms with van der Waals surface area (Å²) in [6.45, 7) is 0. The number of sulfonamides is 1. The molecule has 3 N–H and O–H groups in total. The lowest BCUT2D eigenvalue weighted by Crippen LogP contribution is -2.14. The lowest BCUT2D eigenvalue weighted by atomic mass is 10.2. The zero-order valence-electron chi connectivity index (χ0n) is 10.6. The van der Waals surface area contributed by atoms with Gasteiger partial charge in [0.15, 0.2) is 0 Å². The summed E-state index contributed by atoms with van der Waals surface area (Å²) in [7, 11) is -3.71. The molecule has 1 aromatic carbocycles. The molecule has 0 spiro atoms. The van der Waals surface area contributed by atoms with Gasteiger partial charge in [-0.2, -0.15) is 0 Å². The first kappa shape index (κ1) is 14.3. The summed E-state index contributed by atoms with van der Waals surface area (Å²) in [5.74, 6) is 0.564. The molecule has 1 aromatic heterocycles.